The second-order valence-electron chi connectivity index (χ2n) is 30.7. The van der Waals surface area contributed by atoms with Crippen LogP contribution in [0.5, 0.6) is 23.3 Å². The first-order valence-electron chi connectivity index (χ1n) is 36.1. The SMILES string of the molecule is CC[C@@H]1[C@@H]2CN(C(=O)[C@H](C(C)(C)C)NC(=O)O[C@@H]3CC4CC4[C@H]3CCCCCc3nc4ccc(OCc5cnccn5)cc4nc3O2)[C@@H]1[C-]=O.CC[C@@H]1[C@@H]2CN(C(=O)[C@H](C(C)(C)C)NC(=O)O[C@]3(C)CCC[C@H]3CCCCCc3nc4ccc(OCc5cnccn5)cc4nc3O2)[C@@H]1[C-]=O.[V].[V]. The van der Waals surface area contributed by atoms with Crippen LogP contribution in [0, 0.1) is 46.3 Å². The molecule has 6 aromatic rings. The van der Waals surface area contributed by atoms with Crippen molar-refractivity contribution < 1.29 is 94.3 Å². The number of aryl methyl sites for hydroxylation is 2. The van der Waals surface area contributed by atoms with Gasteiger partial charge in [-0.25, -0.2) is 42.1 Å². The number of alkyl carbamates (subject to hydrolysis) is 2. The van der Waals surface area contributed by atoms with Crippen LogP contribution in [0.2, 0.25) is 0 Å². The number of carbonyl (C=O) groups is 4. The molecule has 5 fully saturated rings. The number of nitrogens with zero attached hydrogens (tertiary/aromatic N) is 10. The first-order chi connectivity index (χ1) is 48.1. The van der Waals surface area contributed by atoms with Gasteiger partial charge in [0.1, 0.15) is 72.1 Å². The van der Waals surface area contributed by atoms with Crippen LogP contribution in [0.4, 0.5) is 9.59 Å². The molecule has 4 aliphatic heterocycles. The minimum absolute atomic E-state index is 0. The van der Waals surface area contributed by atoms with E-state index in [-0.39, 0.29) is 99.1 Å². The molecule has 544 valence electrons. The van der Waals surface area contributed by atoms with Crippen molar-refractivity contribution >= 4 is 58.6 Å². The van der Waals surface area contributed by atoms with Crippen molar-refractivity contribution in [1.29, 1.82) is 0 Å². The maximum atomic E-state index is 14.3. The monoisotopic (exact) mass is 1470 g/mol. The van der Waals surface area contributed by atoms with E-state index in [1.54, 1.807) is 37.2 Å². The number of hydrogen-bond donors (Lipinski definition) is 2. The fraction of sp³-hybridized carbons (Fsp3) is 0.605. The van der Waals surface area contributed by atoms with Gasteiger partial charge in [0.15, 0.2) is 0 Å². The van der Waals surface area contributed by atoms with E-state index in [0.29, 0.717) is 89.1 Å². The standard InChI is InChI=1S/C38H47N6O6.C38H49N6O6.2V/c1-5-25-31(20-45)44-19-33(25)49-35-29(41-28-12-11-24(17-30(28)42-35)48-21-23-18-39-13-14-40-23)10-8-6-7-9-26-27-15-22(27)16-32(26)50-37(47)43-34(36(44)46)38(2,3)4;1-6-27-31(22-45)44-21-32(27)49-34-29(41-28-15-14-26(19-30(28)42-34)48-23-25-20-39-17-18-40-25)13-9-7-8-11-24-12-10-16-38(24,5)50-36(47)43-33(35(44)46)37(2,3)4;;/h11-14,17-18,22,25-27,31-34H,5-10,15-16,19,21H2,1-4H3,(H,43,47);14-15,17-20,24,27,31-33H,6-13,16,21,23H2,1-5H3,(H,43,47);;/q2*-1;;/t22?,25-,26+,27?,31+,32+,33-,34+;24-,27+,31-,32+,33-,38-;;/m01../s1. The quantitative estimate of drug-likeness (QED) is 0.120. The number of hydrogen-bond acceptors (Lipinski definition) is 20. The molecule has 3 saturated carbocycles. The summed E-state index contributed by atoms with van der Waals surface area (Å²) in [5.41, 5.74) is 3.66. The molecule has 24 nitrogen and oxygen atoms in total. The van der Waals surface area contributed by atoms with Crippen molar-refractivity contribution in [3.8, 4) is 23.3 Å². The molecule has 2 radical (unpaired) electrons. The zero-order valence-corrected chi connectivity index (χ0v) is 62.8. The van der Waals surface area contributed by atoms with Crippen LogP contribution in [0.25, 0.3) is 22.1 Å². The van der Waals surface area contributed by atoms with Crippen molar-refractivity contribution in [1.82, 2.24) is 60.3 Å². The van der Waals surface area contributed by atoms with Crippen LogP contribution >= 0.6 is 0 Å². The predicted octanol–water partition coefficient (Wildman–Crippen LogP) is 11.3. The number of ether oxygens (including phenoxy) is 6. The second kappa shape index (κ2) is 33.5. The second-order valence-corrected chi connectivity index (χ2v) is 30.7. The molecular formula is C76H96N12O12V2-2. The smallest absolute Gasteiger partial charge is 0.408 e. The number of nitrogens with one attached hydrogen (secondary N) is 2. The van der Waals surface area contributed by atoms with Crippen LogP contribution in [-0.2, 0) is 91.8 Å². The fourth-order valence-corrected chi connectivity index (χ4v) is 16.1. The third kappa shape index (κ3) is 17.8. The first-order valence-corrected chi connectivity index (χ1v) is 36.1. The average molecular weight is 1470 g/mol. The minimum atomic E-state index is -0.930. The molecule has 2 N–H and O–H groups in total. The number of aromatic nitrogens is 8. The van der Waals surface area contributed by atoms with Gasteiger partial charge in [0.05, 0.1) is 58.9 Å². The van der Waals surface area contributed by atoms with Crippen LogP contribution in [-0.4, -0.2) is 147 Å². The average Bonchev–Trinajstić information content (AvgIpc) is 1.60. The molecule has 8 heterocycles. The third-order valence-electron chi connectivity index (χ3n) is 21.7. The summed E-state index contributed by atoms with van der Waals surface area (Å²) < 4.78 is 37.5. The van der Waals surface area contributed by atoms with Crippen molar-refractivity contribution in [2.45, 2.75) is 233 Å². The molecule has 2 saturated heterocycles. The van der Waals surface area contributed by atoms with Gasteiger partial charge in [0.2, 0.25) is 23.6 Å². The summed E-state index contributed by atoms with van der Waals surface area (Å²) >= 11 is 0. The summed E-state index contributed by atoms with van der Waals surface area (Å²) in [4.78, 5) is 120. The zero-order chi connectivity index (χ0) is 70.5. The maximum Gasteiger partial charge on any atom is 0.408 e. The number of benzene rings is 2. The van der Waals surface area contributed by atoms with E-state index in [9.17, 15) is 28.8 Å². The molecular weight excluding hydrogens is 1370 g/mol. The molecule has 0 spiro atoms. The molecule has 3 aliphatic carbocycles. The Morgan fingerprint density at radius 3 is 1.53 bits per heavy atom. The number of carbonyl (C=O) groups excluding carboxylic acids is 6. The fourth-order valence-electron chi connectivity index (χ4n) is 16.1. The summed E-state index contributed by atoms with van der Waals surface area (Å²) in [6.45, 7) is 18.1. The molecule has 102 heavy (non-hydrogen) atoms. The van der Waals surface area contributed by atoms with Crippen molar-refractivity contribution in [3.05, 3.63) is 96.4 Å². The molecule has 2 aromatic carbocycles. The van der Waals surface area contributed by atoms with Gasteiger partial charge in [-0.1, -0.05) is 106 Å². The van der Waals surface area contributed by atoms with Crippen molar-refractivity contribution in [2.24, 2.45) is 46.3 Å². The van der Waals surface area contributed by atoms with Gasteiger partial charge in [-0.15, -0.1) is 0 Å². The van der Waals surface area contributed by atoms with Gasteiger partial charge in [-0.2, -0.15) is 0 Å². The Balaban J connectivity index is 0.000000215. The van der Waals surface area contributed by atoms with Crippen molar-refractivity contribution in [3.63, 3.8) is 0 Å². The Morgan fingerprint density at radius 1 is 0.569 bits per heavy atom. The van der Waals surface area contributed by atoms with E-state index >= 15 is 0 Å². The Hall–Kier alpha value is -7.53. The van der Waals surface area contributed by atoms with Gasteiger partial charge in [-0.3, -0.25) is 29.5 Å². The molecule has 4 amide bonds. The van der Waals surface area contributed by atoms with E-state index in [0.717, 1.165) is 99.5 Å². The number of amides is 4. The topological polar surface area (TPSA) is 291 Å². The summed E-state index contributed by atoms with van der Waals surface area (Å²) in [5, 5.41) is 5.82. The third-order valence-corrected chi connectivity index (χ3v) is 21.7. The Bertz CT molecular complexity index is 3770. The molecule has 13 rings (SSSR count). The molecule has 14 atom stereocenters. The molecule has 4 aromatic heterocycles. The van der Waals surface area contributed by atoms with E-state index < -0.39 is 65.0 Å². The summed E-state index contributed by atoms with van der Waals surface area (Å²) in [6, 6.07) is 7.66. The molecule has 26 heteroatoms. The number of fused-ring (bicyclic) bond motifs is 12. The first kappa shape index (κ1) is 77.1. The summed E-state index contributed by atoms with van der Waals surface area (Å²) in [7, 11) is 0. The Kier molecular flexibility index (Phi) is 25.3. The largest absolute Gasteiger partial charge is 0.540 e. The van der Waals surface area contributed by atoms with Gasteiger partial charge in [-0.05, 0) is 148 Å². The van der Waals surface area contributed by atoms with Crippen LogP contribution in [0.3, 0.4) is 0 Å². The van der Waals surface area contributed by atoms with E-state index in [4.69, 9.17) is 48.4 Å². The summed E-state index contributed by atoms with van der Waals surface area (Å²) in [6.07, 6.45) is 26.7. The van der Waals surface area contributed by atoms with Gasteiger partial charge in [0, 0.05) is 74.0 Å². The van der Waals surface area contributed by atoms with Gasteiger partial charge in [0.25, 0.3) is 0 Å². The Morgan fingerprint density at radius 2 is 1.06 bits per heavy atom. The zero-order valence-electron chi connectivity index (χ0n) is 60.0. The predicted molar refractivity (Wildman–Crippen MR) is 370 cm³/mol. The summed E-state index contributed by atoms with van der Waals surface area (Å²) in [5.74, 6) is 2.42. The molecule has 4 bridgehead atoms. The van der Waals surface area contributed by atoms with Crippen LogP contribution in [0.15, 0.2) is 73.6 Å². The maximum absolute atomic E-state index is 14.3. The van der Waals surface area contributed by atoms with Gasteiger partial charge >= 0.3 is 12.2 Å². The van der Waals surface area contributed by atoms with E-state index in [1.165, 1.54) is 16.2 Å². The minimum Gasteiger partial charge on any atom is -0.540 e. The number of rotatable bonds is 10. The Labute approximate surface area is 621 Å². The normalized spacial score (nSPS) is 28.5. The molecule has 7 aliphatic rings. The van der Waals surface area contributed by atoms with Crippen LogP contribution in [0.1, 0.15) is 181 Å². The van der Waals surface area contributed by atoms with Crippen LogP contribution < -0.4 is 29.6 Å². The van der Waals surface area contributed by atoms with Crippen molar-refractivity contribution in [2.75, 3.05) is 13.1 Å². The van der Waals surface area contributed by atoms with E-state index in [2.05, 4.69) is 43.1 Å². The van der Waals surface area contributed by atoms with Gasteiger partial charge < -0.3 is 58.4 Å². The molecule has 2 unspecified atom stereocenters. The van der Waals surface area contributed by atoms with E-state index in [1.807, 2.05) is 98.7 Å².